The Morgan fingerprint density at radius 3 is 1.15 bits per heavy atom. The second-order valence-corrected chi connectivity index (χ2v) is 15.2. The predicted octanol–water partition coefficient (Wildman–Crippen LogP) is 7.97. The number of nitrogens with one attached hydrogen (secondary N) is 1. The summed E-state index contributed by atoms with van der Waals surface area (Å²) in [5, 5.41) is 3.16. The summed E-state index contributed by atoms with van der Waals surface area (Å²) in [5.41, 5.74) is 11.7. The van der Waals surface area contributed by atoms with Gasteiger partial charge in [0.25, 0.3) is 0 Å². The van der Waals surface area contributed by atoms with E-state index in [0.29, 0.717) is 6.54 Å². The van der Waals surface area contributed by atoms with E-state index in [1.807, 2.05) is 0 Å². The highest BCUT2D eigenvalue weighted by Gasteiger charge is 2.21. The molecule has 0 aliphatic rings. The number of amides is 1. The molecule has 0 spiro atoms. The standard InChI is InChI=1S/C41H86N4O.ClH/c1-4-6-8-10-12-14-16-18-20-22-24-26-28-32-37-45(3,39-36-44-41(46)40(43)34-30-31-35-42)38-33-29-27-25-23-21-19-17-15-13-11-9-7-5-2;/h40H,4-39,42-43H2,1-3H3;1H/t40-;/m0./s1. The number of halogens is 1. The molecular weight excluding hydrogens is 600 g/mol. The molecule has 0 aliphatic heterocycles. The first-order chi connectivity index (χ1) is 22.5. The number of nitrogens with zero attached hydrogens (tertiary/aromatic N) is 1. The third-order valence-electron chi connectivity index (χ3n) is 10.4. The molecule has 0 saturated carbocycles. The van der Waals surface area contributed by atoms with Gasteiger partial charge in [-0.1, -0.05) is 174 Å². The van der Waals surface area contributed by atoms with Crippen LogP contribution in [0.4, 0.5) is 0 Å². The molecule has 5 N–H and O–H groups in total. The van der Waals surface area contributed by atoms with Crippen LogP contribution in [0.3, 0.4) is 0 Å². The van der Waals surface area contributed by atoms with E-state index in [4.69, 9.17) is 11.5 Å². The highest BCUT2D eigenvalue weighted by atomic mass is 35.5. The Morgan fingerprint density at radius 2 is 0.830 bits per heavy atom. The van der Waals surface area contributed by atoms with E-state index in [1.165, 1.54) is 193 Å². The highest BCUT2D eigenvalue weighted by molar-refractivity contribution is 5.81. The zero-order valence-corrected chi connectivity index (χ0v) is 33.2. The van der Waals surface area contributed by atoms with Crippen molar-refractivity contribution in [2.24, 2.45) is 11.5 Å². The van der Waals surface area contributed by atoms with Gasteiger partial charge in [0, 0.05) is 0 Å². The average molecular weight is 688 g/mol. The second kappa shape index (κ2) is 38.4. The Labute approximate surface area is 302 Å². The van der Waals surface area contributed by atoms with Gasteiger partial charge in [0.15, 0.2) is 0 Å². The van der Waals surface area contributed by atoms with Crippen LogP contribution in [0.25, 0.3) is 0 Å². The fourth-order valence-electron chi connectivity index (χ4n) is 6.93. The molecule has 1 atom stereocenters. The number of nitrogens with two attached hydrogens (primary N) is 2. The molecular formula is C41H87ClN4O. The molecule has 0 aliphatic carbocycles. The number of quaternary nitrogens is 1. The molecule has 0 aromatic carbocycles. The van der Waals surface area contributed by atoms with Crippen molar-refractivity contribution in [2.45, 2.75) is 219 Å². The Morgan fingerprint density at radius 1 is 0.511 bits per heavy atom. The molecule has 0 aromatic heterocycles. The van der Waals surface area contributed by atoms with Crippen molar-refractivity contribution in [3.63, 3.8) is 0 Å². The van der Waals surface area contributed by atoms with Gasteiger partial charge in [0.1, 0.15) is 0 Å². The molecule has 284 valence electrons. The number of carbonyl (C=O) groups is 1. The van der Waals surface area contributed by atoms with Crippen LogP contribution < -0.4 is 29.2 Å². The third kappa shape index (κ3) is 35.3. The lowest BCUT2D eigenvalue weighted by Crippen LogP contribution is -3.00. The van der Waals surface area contributed by atoms with Crippen LogP contribution in [0.2, 0.25) is 0 Å². The maximum Gasteiger partial charge on any atom is 0.237 e. The van der Waals surface area contributed by atoms with Gasteiger partial charge in [-0.2, -0.15) is 0 Å². The summed E-state index contributed by atoms with van der Waals surface area (Å²) in [7, 11) is 2.43. The van der Waals surface area contributed by atoms with Crippen LogP contribution in [0.1, 0.15) is 213 Å². The van der Waals surface area contributed by atoms with Crippen LogP contribution in [-0.4, -0.2) is 56.2 Å². The van der Waals surface area contributed by atoms with E-state index in [9.17, 15) is 4.79 Å². The van der Waals surface area contributed by atoms with Crippen LogP contribution >= 0.6 is 0 Å². The molecule has 0 fully saturated rings. The van der Waals surface area contributed by atoms with E-state index < -0.39 is 6.04 Å². The fourth-order valence-corrected chi connectivity index (χ4v) is 6.93. The zero-order chi connectivity index (χ0) is 33.8. The molecule has 0 saturated heterocycles. The van der Waals surface area contributed by atoms with Crippen molar-refractivity contribution < 1.29 is 21.7 Å². The molecule has 0 unspecified atom stereocenters. The topological polar surface area (TPSA) is 81.1 Å². The maximum atomic E-state index is 12.5. The number of hydrogen-bond acceptors (Lipinski definition) is 3. The third-order valence-corrected chi connectivity index (χ3v) is 10.4. The molecule has 5 nitrogen and oxygen atoms in total. The van der Waals surface area contributed by atoms with E-state index >= 15 is 0 Å². The van der Waals surface area contributed by atoms with Gasteiger partial charge in [-0.15, -0.1) is 0 Å². The van der Waals surface area contributed by atoms with Gasteiger partial charge in [0.2, 0.25) is 5.91 Å². The second-order valence-electron chi connectivity index (χ2n) is 15.2. The first-order valence-corrected chi connectivity index (χ1v) is 21.1. The van der Waals surface area contributed by atoms with Crippen LogP contribution in [0.5, 0.6) is 0 Å². The lowest BCUT2D eigenvalue weighted by atomic mass is 10.0. The van der Waals surface area contributed by atoms with Gasteiger partial charge in [-0.05, 0) is 45.1 Å². The number of carbonyl (C=O) groups excluding carboxylic acids is 1. The minimum atomic E-state index is -0.401. The Bertz CT molecular complexity index is 588. The average Bonchev–Trinajstić information content (AvgIpc) is 3.05. The molecule has 1 amide bonds. The summed E-state index contributed by atoms with van der Waals surface area (Å²) in [4.78, 5) is 12.5. The van der Waals surface area contributed by atoms with Crippen LogP contribution in [-0.2, 0) is 4.79 Å². The van der Waals surface area contributed by atoms with E-state index in [0.717, 1.165) is 36.8 Å². The fraction of sp³-hybridized carbons (Fsp3) is 0.976. The summed E-state index contributed by atoms with van der Waals surface area (Å²) in [6.45, 7) is 9.47. The van der Waals surface area contributed by atoms with E-state index in [-0.39, 0.29) is 18.3 Å². The number of rotatable bonds is 38. The normalized spacial score (nSPS) is 12.3. The van der Waals surface area contributed by atoms with Gasteiger partial charge < -0.3 is 33.7 Å². The predicted molar refractivity (Wildman–Crippen MR) is 205 cm³/mol. The molecule has 47 heavy (non-hydrogen) atoms. The summed E-state index contributed by atoms with van der Waals surface area (Å²) in [5.74, 6) is 0.0107. The minimum Gasteiger partial charge on any atom is -1.00 e. The lowest BCUT2D eigenvalue weighted by molar-refractivity contribution is -0.908. The van der Waals surface area contributed by atoms with Gasteiger partial charge in [0.05, 0.1) is 39.3 Å². The summed E-state index contributed by atoms with van der Waals surface area (Å²) in [6, 6.07) is -0.401. The molecule has 0 bridgehead atoms. The van der Waals surface area contributed by atoms with Gasteiger partial charge >= 0.3 is 0 Å². The van der Waals surface area contributed by atoms with Crippen LogP contribution in [0.15, 0.2) is 0 Å². The lowest BCUT2D eigenvalue weighted by Gasteiger charge is -2.35. The van der Waals surface area contributed by atoms with Gasteiger partial charge in [-0.25, -0.2) is 0 Å². The monoisotopic (exact) mass is 687 g/mol. The highest BCUT2D eigenvalue weighted by Crippen LogP contribution is 2.17. The van der Waals surface area contributed by atoms with Crippen LogP contribution in [0, 0.1) is 0 Å². The summed E-state index contributed by atoms with van der Waals surface area (Å²) in [6.07, 6.45) is 42.0. The number of unbranched alkanes of at least 4 members (excludes halogenated alkanes) is 27. The van der Waals surface area contributed by atoms with Crippen molar-refractivity contribution in [2.75, 3.05) is 39.8 Å². The quantitative estimate of drug-likeness (QED) is 0.0455. The first kappa shape index (κ1) is 48.8. The molecule has 0 aromatic rings. The minimum absolute atomic E-state index is 0. The van der Waals surface area contributed by atoms with Crippen molar-refractivity contribution in [1.82, 2.24) is 5.32 Å². The Balaban J connectivity index is 0. The first-order valence-electron chi connectivity index (χ1n) is 21.1. The van der Waals surface area contributed by atoms with E-state index in [2.05, 4.69) is 26.2 Å². The smallest absolute Gasteiger partial charge is 0.237 e. The van der Waals surface area contributed by atoms with Crippen molar-refractivity contribution in [3.05, 3.63) is 0 Å². The maximum absolute atomic E-state index is 12.5. The number of likely N-dealkylation sites (N-methyl/N-ethyl adjacent to an activating group) is 1. The van der Waals surface area contributed by atoms with E-state index in [1.54, 1.807) is 0 Å². The summed E-state index contributed by atoms with van der Waals surface area (Å²) < 4.78 is 1.08. The molecule has 0 rings (SSSR count). The Hall–Kier alpha value is -0.360. The summed E-state index contributed by atoms with van der Waals surface area (Å²) >= 11 is 0. The van der Waals surface area contributed by atoms with Gasteiger partial charge in [-0.3, -0.25) is 4.79 Å². The molecule has 6 heteroatoms. The van der Waals surface area contributed by atoms with Crippen molar-refractivity contribution in [3.8, 4) is 0 Å². The SMILES string of the molecule is CCCCCCCCCCCCCCCC[N+](C)(CCCCCCCCCCCCCCCC)CCNC(=O)[C@@H](N)CCCCN.[Cl-]. The van der Waals surface area contributed by atoms with Crippen molar-refractivity contribution >= 4 is 5.91 Å². The van der Waals surface area contributed by atoms with Crippen molar-refractivity contribution in [1.29, 1.82) is 0 Å². The zero-order valence-electron chi connectivity index (χ0n) is 32.4. The largest absolute Gasteiger partial charge is 1.00 e. The Kier molecular flexibility index (Phi) is 39.9. The molecule has 0 radical (unpaired) electrons. The molecule has 0 heterocycles. The number of hydrogen-bond donors (Lipinski definition) is 3.